The van der Waals surface area contributed by atoms with Crippen molar-refractivity contribution in [1.29, 1.82) is 0 Å². The lowest BCUT2D eigenvalue weighted by Crippen LogP contribution is -2.51. The van der Waals surface area contributed by atoms with Crippen LogP contribution in [-0.4, -0.2) is 23.1 Å². The molecule has 0 aromatic rings. The van der Waals surface area contributed by atoms with Crippen LogP contribution in [0.25, 0.3) is 0 Å². The van der Waals surface area contributed by atoms with E-state index in [2.05, 4.69) is 20.7 Å². The van der Waals surface area contributed by atoms with Crippen LogP contribution in [0.5, 0.6) is 0 Å². The molecule has 0 radical (unpaired) electrons. The molecule has 0 saturated heterocycles. The maximum absolute atomic E-state index is 11.9. The van der Waals surface area contributed by atoms with E-state index in [0.29, 0.717) is 6.42 Å². The highest BCUT2D eigenvalue weighted by Crippen LogP contribution is 2.41. The summed E-state index contributed by atoms with van der Waals surface area (Å²) in [5, 5.41) is -0.0942. The zero-order chi connectivity index (χ0) is 10.1. The minimum Gasteiger partial charge on any atom is -0.295 e. The molecule has 0 aromatic heterocycles. The van der Waals surface area contributed by atoms with Gasteiger partial charge in [0.05, 0.1) is 5.33 Å². The van der Waals surface area contributed by atoms with Gasteiger partial charge in [-0.3, -0.25) is 9.53 Å². The van der Waals surface area contributed by atoms with Crippen LogP contribution in [-0.2, 0) is 9.53 Å². The molecule has 13 heavy (non-hydrogen) atoms. The molecule has 76 valence electrons. The van der Waals surface area contributed by atoms with E-state index in [1.807, 2.05) is 0 Å². The molecule has 0 aromatic carbocycles. The Hall–Kier alpha value is -0.100. The average molecular weight is 261 g/mol. The first-order valence-corrected chi connectivity index (χ1v) is 4.88. The fourth-order valence-electron chi connectivity index (χ4n) is 1.28. The number of carbonyl (C=O) groups is 1. The predicted molar refractivity (Wildman–Crippen MR) is 42.5 cm³/mol. The monoisotopic (exact) mass is 260 g/mol. The molecule has 0 heterocycles. The lowest BCUT2D eigenvalue weighted by molar-refractivity contribution is -0.369. The van der Waals surface area contributed by atoms with Crippen LogP contribution in [0.3, 0.4) is 0 Å². The Morgan fingerprint density at radius 2 is 2.00 bits per heavy atom. The molecule has 0 aliphatic heterocycles. The molecule has 1 rings (SSSR count). The molecular weight excluding hydrogens is 253 g/mol. The van der Waals surface area contributed by atoms with Crippen LogP contribution in [0, 0.1) is 0 Å². The molecule has 1 saturated carbocycles. The summed E-state index contributed by atoms with van der Waals surface area (Å²) in [7, 11) is 0. The second-order valence-corrected chi connectivity index (χ2v) is 3.51. The number of carbonyl (C=O) groups excluding carboxylic acids is 1. The highest BCUT2D eigenvalue weighted by Gasteiger charge is 2.51. The minimum atomic E-state index is -4.72. The van der Waals surface area contributed by atoms with Crippen LogP contribution in [0.15, 0.2) is 0 Å². The number of rotatable bonds is 3. The van der Waals surface area contributed by atoms with Gasteiger partial charge in [-0.15, -0.1) is 13.2 Å². The van der Waals surface area contributed by atoms with Crippen molar-refractivity contribution in [3.8, 4) is 0 Å². The Balaban J connectivity index is 2.65. The van der Waals surface area contributed by atoms with E-state index in [-0.39, 0.29) is 18.2 Å². The summed E-state index contributed by atoms with van der Waals surface area (Å²) in [6, 6.07) is 0. The quantitative estimate of drug-likeness (QED) is 0.729. The molecule has 0 amide bonds. The molecule has 1 aliphatic carbocycles. The van der Waals surface area contributed by atoms with Crippen molar-refractivity contribution in [2.45, 2.75) is 31.2 Å². The summed E-state index contributed by atoms with van der Waals surface area (Å²) in [6.07, 6.45) is -3.79. The third-order valence-corrected chi connectivity index (χ3v) is 2.61. The predicted octanol–water partition coefficient (Wildman–Crippen LogP) is 2.41. The average Bonchev–Trinajstić information content (AvgIpc) is 1.93. The Bertz CT molecular complexity index is 210. The van der Waals surface area contributed by atoms with Gasteiger partial charge >= 0.3 is 6.36 Å². The highest BCUT2D eigenvalue weighted by atomic mass is 79.9. The van der Waals surface area contributed by atoms with Crippen LogP contribution < -0.4 is 0 Å². The van der Waals surface area contributed by atoms with Crippen LogP contribution in [0.2, 0.25) is 0 Å². The van der Waals surface area contributed by atoms with E-state index < -0.39 is 17.7 Å². The molecule has 2 nitrogen and oxygen atoms in total. The summed E-state index contributed by atoms with van der Waals surface area (Å²) in [4.78, 5) is 11.1. The summed E-state index contributed by atoms with van der Waals surface area (Å²) in [5.74, 6) is -0.531. The van der Waals surface area contributed by atoms with Gasteiger partial charge < -0.3 is 0 Å². The van der Waals surface area contributed by atoms with Gasteiger partial charge in [0.2, 0.25) is 0 Å². The molecule has 1 aliphatic rings. The minimum absolute atomic E-state index is 0.0942. The standard InChI is InChI=1S/C7H8BrF3O2/c8-4-5(12)6(2-1-3-6)13-7(9,10)11/h1-4H2. The van der Waals surface area contributed by atoms with Gasteiger partial charge in [0.25, 0.3) is 0 Å². The van der Waals surface area contributed by atoms with Gasteiger partial charge in [0.15, 0.2) is 5.78 Å². The fourth-order valence-corrected chi connectivity index (χ4v) is 1.79. The number of ether oxygens (including phenoxy) is 1. The van der Waals surface area contributed by atoms with Crippen molar-refractivity contribution in [3.63, 3.8) is 0 Å². The first kappa shape index (κ1) is 11.0. The van der Waals surface area contributed by atoms with Crippen molar-refractivity contribution in [1.82, 2.24) is 0 Å². The van der Waals surface area contributed by atoms with E-state index in [0.717, 1.165) is 0 Å². The van der Waals surface area contributed by atoms with Gasteiger partial charge in [-0.05, 0) is 19.3 Å². The number of hydrogen-bond donors (Lipinski definition) is 0. The molecule has 0 spiro atoms. The van der Waals surface area contributed by atoms with Crippen LogP contribution >= 0.6 is 15.9 Å². The van der Waals surface area contributed by atoms with E-state index in [9.17, 15) is 18.0 Å². The second kappa shape index (κ2) is 3.57. The second-order valence-electron chi connectivity index (χ2n) is 2.95. The summed E-state index contributed by atoms with van der Waals surface area (Å²) >= 11 is 2.84. The molecule has 6 heteroatoms. The van der Waals surface area contributed by atoms with E-state index in [4.69, 9.17) is 0 Å². The molecule has 0 atom stereocenters. The van der Waals surface area contributed by atoms with E-state index in [1.165, 1.54) is 0 Å². The third-order valence-electron chi connectivity index (χ3n) is 2.10. The smallest absolute Gasteiger partial charge is 0.295 e. The van der Waals surface area contributed by atoms with Gasteiger partial charge in [0, 0.05) is 0 Å². The van der Waals surface area contributed by atoms with Crippen molar-refractivity contribution < 1.29 is 22.7 Å². The Morgan fingerprint density at radius 3 is 2.23 bits per heavy atom. The Labute approximate surface area is 81.6 Å². The van der Waals surface area contributed by atoms with Crippen molar-refractivity contribution >= 4 is 21.7 Å². The third kappa shape index (κ3) is 2.43. The maximum atomic E-state index is 11.9. The SMILES string of the molecule is O=C(CBr)C1(OC(F)(F)F)CCC1. The number of hydrogen-bond acceptors (Lipinski definition) is 2. The Kier molecular flexibility index (Phi) is 3.01. The van der Waals surface area contributed by atoms with Gasteiger partial charge in [0.1, 0.15) is 5.60 Å². The zero-order valence-corrected chi connectivity index (χ0v) is 8.24. The molecular formula is C7H8BrF3O2. The Morgan fingerprint density at radius 1 is 1.46 bits per heavy atom. The summed E-state index contributed by atoms with van der Waals surface area (Å²) in [5.41, 5.74) is -1.60. The van der Waals surface area contributed by atoms with E-state index in [1.54, 1.807) is 0 Å². The molecule has 0 N–H and O–H groups in total. The number of alkyl halides is 4. The molecule has 0 unspecified atom stereocenters. The number of Topliss-reactive ketones (excluding diaryl/α,β-unsaturated/α-hetero) is 1. The number of halogens is 4. The fraction of sp³-hybridized carbons (Fsp3) is 0.857. The normalized spacial score (nSPS) is 20.9. The molecule has 0 bridgehead atoms. The highest BCUT2D eigenvalue weighted by molar-refractivity contribution is 9.09. The maximum Gasteiger partial charge on any atom is 0.523 e. The van der Waals surface area contributed by atoms with Crippen LogP contribution in [0.1, 0.15) is 19.3 Å². The van der Waals surface area contributed by atoms with E-state index >= 15 is 0 Å². The van der Waals surface area contributed by atoms with Crippen LogP contribution in [0.4, 0.5) is 13.2 Å². The van der Waals surface area contributed by atoms with Gasteiger partial charge in [-0.25, -0.2) is 0 Å². The first-order chi connectivity index (χ1) is 5.90. The molecule has 1 fully saturated rings. The summed E-state index contributed by atoms with van der Waals surface area (Å²) in [6.45, 7) is 0. The topological polar surface area (TPSA) is 26.3 Å². The first-order valence-electron chi connectivity index (χ1n) is 3.76. The number of ketones is 1. The largest absolute Gasteiger partial charge is 0.523 e. The van der Waals surface area contributed by atoms with Crippen molar-refractivity contribution in [2.24, 2.45) is 0 Å². The lowest BCUT2D eigenvalue weighted by Gasteiger charge is -2.39. The van der Waals surface area contributed by atoms with Gasteiger partial charge in [-0.1, -0.05) is 15.9 Å². The lowest BCUT2D eigenvalue weighted by atomic mass is 9.77. The van der Waals surface area contributed by atoms with Crippen molar-refractivity contribution in [2.75, 3.05) is 5.33 Å². The van der Waals surface area contributed by atoms with Crippen molar-refractivity contribution in [3.05, 3.63) is 0 Å². The van der Waals surface area contributed by atoms with Gasteiger partial charge in [-0.2, -0.15) is 0 Å². The zero-order valence-electron chi connectivity index (χ0n) is 6.66. The summed E-state index contributed by atoms with van der Waals surface area (Å²) < 4.78 is 39.5.